The smallest absolute Gasteiger partial charge is 0.332 e. The molecule has 0 rings (SSSR count). The summed E-state index contributed by atoms with van der Waals surface area (Å²) >= 11 is 0. The van der Waals surface area contributed by atoms with Gasteiger partial charge in [-0.25, -0.2) is 4.79 Å². The van der Waals surface area contributed by atoms with Crippen LogP contribution in [0, 0.1) is 11.3 Å². The first-order chi connectivity index (χ1) is 5.91. The zero-order chi connectivity index (χ0) is 10.6. The van der Waals surface area contributed by atoms with E-state index in [1.165, 1.54) is 13.0 Å². The molecule has 0 heterocycles. The van der Waals surface area contributed by atoms with Crippen molar-refractivity contribution in [3.63, 3.8) is 0 Å². The number of nitrogens with zero attached hydrogens (tertiary/aromatic N) is 1. The number of aliphatic hydroxyl groups excluding tert-OH is 1. The number of carbonyl (C=O) groups is 2. The molecule has 0 aliphatic heterocycles. The summed E-state index contributed by atoms with van der Waals surface area (Å²) in [5.74, 6) is -2.21. The van der Waals surface area contributed by atoms with Crippen LogP contribution in [0.5, 0.6) is 0 Å². The Morgan fingerprint density at radius 2 is 1.92 bits per heavy atom. The van der Waals surface area contributed by atoms with E-state index in [1.54, 1.807) is 0 Å². The van der Waals surface area contributed by atoms with Crippen LogP contribution in [0.2, 0.25) is 0 Å². The SMILES string of the molecule is C/C(C(=O)O)=C(/C#N)C(=O)C(C)O. The van der Waals surface area contributed by atoms with E-state index in [-0.39, 0.29) is 5.57 Å². The maximum absolute atomic E-state index is 11.0. The van der Waals surface area contributed by atoms with Crippen LogP contribution in [-0.4, -0.2) is 28.1 Å². The van der Waals surface area contributed by atoms with Crippen LogP contribution >= 0.6 is 0 Å². The quantitative estimate of drug-likeness (QED) is 0.468. The van der Waals surface area contributed by atoms with Crippen LogP contribution in [0.1, 0.15) is 13.8 Å². The Balaban J connectivity index is 5.15. The summed E-state index contributed by atoms with van der Waals surface area (Å²) < 4.78 is 0. The van der Waals surface area contributed by atoms with E-state index in [1.807, 2.05) is 0 Å². The fraction of sp³-hybridized carbons (Fsp3) is 0.375. The first-order valence-corrected chi connectivity index (χ1v) is 3.48. The maximum Gasteiger partial charge on any atom is 0.332 e. The largest absolute Gasteiger partial charge is 0.478 e. The van der Waals surface area contributed by atoms with Crippen LogP contribution < -0.4 is 0 Å². The third kappa shape index (κ3) is 2.69. The van der Waals surface area contributed by atoms with E-state index in [0.29, 0.717) is 0 Å². The third-order valence-electron chi connectivity index (χ3n) is 1.43. The number of nitriles is 1. The monoisotopic (exact) mass is 183 g/mol. The van der Waals surface area contributed by atoms with Gasteiger partial charge in [-0.2, -0.15) is 5.26 Å². The molecule has 0 bridgehead atoms. The molecule has 0 radical (unpaired) electrons. The number of carbonyl (C=O) groups excluding carboxylic acids is 1. The van der Waals surface area contributed by atoms with Gasteiger partial charge < -0.3 is 10.2 Å². The minimum Gasteiger partial charge on any atom is -0.478 e. The van der Waals surface area contributed by atoms with Crippen molar-refractivity contribution in [3.05, 3.63) is 11.1 Å². The van der Waals surface area contributed by atoms with Crippen molar-refractivity contribution < 1.29 is 19.8 Å². The summed E-state index contributed by atoms with van der Waals surface area (Å²) in [6.45, 7) is 2.32. The predicted octanol–water partition coefficient (Wildman–Crippen LogP) is -0.139. The highest BCUT2D eigenvalue weighted by atomic mass is 16.4. The van der Waals surface area contributed by atoms with Crippen molar-refractivity contribution >= 4 is 11.8 Å². The Hall–Kier alpha value is -1.67. The molecular formula is C8H9NO4. The number of aliphatic hydroxyl groups is 1. The van der Waals surface area contributed by atoms with Gasteiger partial charge in [-0.15, -0.1) is 0 Å². The first kappa shape index (κ1) is 11.3. The Morgan fingerprint density at radius 1 is 1.46 bits per heavy atom. The van der Waals surface area contributed by atoms with Crippen molar-refractivity contribution in [2.24, 2.45) is 0 Å². The van der Waals surface area contributed by atoms with Gasteiger partial charge in [-0.05, 0) is 13.8 Å². The normalized spacial score (nSPS) is 14.0. The van der Waals surface area contributed by atoms with Crippen molar-refractivity contribution in [1.82, 2.24) is 0 Å². The van der Waals surface area contributed by atoms with E-state index < -0.39 is 23.4 Å². The second kappa shape index (κ2) is 4.38. The Morgan fingerprint density at radius 3 is 2.15 bits per heavy atom. The fourth-order valence-corrected chi connectivity index (χ4v) is 0.640. The summed E-state index contributed by atoms with van der Waals surface area (Å²) in [5.41, 5.74) is -0.865. The Bertz CT molecular complexity index is 309. The van der Waals surface area contributed by atoms with Gasteiger partial charge >= 0.3 is 5.97 Å². The zero-order valence-corrected chi connectivity index (χ0v) is 7.24. The lowest BCUT2D eigenvalue weighted by Gasteiger charge is -2.02. The summed E-state index contributed by atoms with van der Waals surface area (Å²) in [6, 6.07) is 1.45. The number of Topliss-reactive ketones (excluding diaryl/α,β-unsaturated/α-hetero) is 1. The topological polar surface area (TPSA) is 98.4 Å². The van der Waals surface area contributed by atoms with E-state index in [4.69, 9.17) is 15.5 Å². The molecule has 1 atom stereocenters. The molecule has 2 N–H and O–H groups in total. The first-order valence-electron chi connectivity index (χ1n) is 3.48. The van der Waals surface area contributed by atoms with Crippen LogP contribution in [0.3, 0.4) is 0 Å². The summed E-state index contributed by atoms with van der Waals surface area (Å²) in [7, 11) is 0. The second-order valence-corrected chi connectivity index (χ2v) is 2.46. The van der Waals surface area contributed by atoms with Gasteiger partial charge in [0.1, 0.15) is 17.7 Å². The molecule has 5 heteroatoms. The van der Waals surface area contributed by atoms with E-state index in [2.05, 4.69) is 0 Å². The highest BCUT2D eigenvalue weighted by Crippen LogP contribution is 2.07. The fourth-order valence-electron chi connectivity index (χ4n) is 0.640. The van der Waals surface area contributed by atoms with Crippen molar-refractivity contribution in [2.45, 2.75) is 20.0 Å². The molecule has 0 saturated heterocycles. The zero-order valence-electron chi connectivity index (χ0n) is 7.24. The average molecular weight is 183 g/mol. The highest BCUT2D eigenvalue weighted by Gasteiger charge is 2.20. The van der Waals surface area contributed by atoms with Crippen molar-refractivity contribution in [2.75, 3.05) is 0 Å². The van der Waals surface area contributed by atoms with Crippen LogP contribution in [0.4, 0.5) is 0 Å². The minimum atomic E-state index is -1.36. The lowest BCUT2D eigenvalue weighted by atomic mass is 10.0. The number of hydrogen-bond acceptors (Lipinski definition) is 4. The number of aliphatic carboxylic acids is 1. The number of rotatable bonds is 3. The summed E-state index contributed by atoms with van der Waals surface area (Å²) in [4.78, 5) is 21.4. The van der Waals surface area contributed by atoms with Gasteiger partial charge in [-0.1, -0.05) is 0 Å². The molecular weight excluding hydrogens is 174 g/mol. The van der Waals surface area contributed by atoms with Gasteiger partial charge in [0.25, 0.3) is 0 Å². The van der Waals surface area contributed by atoms with Gasteiger partial charge in [0.15, 0.2) is 0 Å². The van der Waals surface area contributed by atoms with Gasteiger partial charge in [0, 0.05) is 0 Å². The molecule has 0 saturated carbocycles. The molecule has 70 valence electrons. The van der Waals surface area contributed by atoms with E-state index in [0.717, 1.165) is 6.92 Å². The Kier molecular flexibility index (Phi) is 3.82. The summed E-state index contributed by atoms with van der Waals surface area (Å²) in [5, 5.41) is 25.8. The van der Waals surface area contributed by atoms with Crippen LogP contribution in [0.25, 0.3) is 0 Å². The maximum atomic E-state index is 11.0. The van der Waals surface area contributed by atoms with Gasteiger partial charge in [-0.3, -0.25) is 4.79 Å². The molecule has 0 fully saturated rings. The number of carboxylic acids is 1. The van der Waals surface area contributed by atoms with Gasteiger partial charge in [0.05, 0.1) is 5.57 Å². The van der Waals surface area contributed by atoms with Gasteiger partial charge in [0.2, 0.25) is 5.78 Å². The molecule has 0 aromatic heterocycles. The average Bonchev–Trinajstić information content (AvgIpc) is 2.04. The Labute approximate surface area is 74.9 Å². The molecule has 0 aliphatic rings. The van der Waals surface area contributed by atoms with E-state index >= 15 is 0 Å². The van der Waals surface area contributed by atoms with E-state index in [9.17, 15) is 9.59 Å². The van der Waals surface area contributed by atoms with Crippen molar-refractivity contribution in [3.8, 4) is 6.07 Å². The molecule has 0 amide bonds. The van der Waals surface area contributed by atoms with Crippen LogP contribution in [-0.2, 0) is 9.59 Å². The number of ketones is 1. The molecule has 0 aliphatic carbocycles. The van der Waals surface area contributed by atoms with Crippen molar-refractivity contribution in [1.29, 1.82) is 5.26 Å². The molecule has 0 aromatic rings. The summed E-state index contributed by atoms with van der Waals surface area (Å²) in [6.07, 6.45) is -1.36. The van der Waals surface area contributed by atoms with Crippen LogP contribution in [0.15, 0.2) is 11.1 Å². The molecule has 5 nitrogen and oxygen atoms in total. The second-order valence-electron chi connectivity index (χ2n) is 2.46. The lowest BCUT2D eigenvalue weighted by molar-refractivity contribution is -0.133. The molecule has 1 unspecified atom stereocenters. The number of hydrogen-bond donors (Lipinski definition) is 2. The third-order valence-corrected chi connectivity index (χ3v) is 1.43. The minimum absolute atomic E-state index is 0.353. The molecule has 0 spiro atoms. The molecule has 0 aromatic carbocycles. The predicted molar refractivity (Wildman–Crippen MR) is 42.6 cm³/mol. The number of carboxylic acid groups (broad SMARTS) is 1. The molecule has 13 heavy (non-hydrogen) atoms. The standard InChI is InChI=1S/C8H9NO4/c1-4(8(12)13)6(3-9)7(11)5(2)10/h5,10H,1-2H3,(H,12,13)/b6-4+. The highest BCUT2D eigenvalue weighted by molar-refractivity contribution is 6.07. The lowest BCUT2D eigenvalue weighted by Crippen LogP contribution is -2.20.